The number of hydrogen-bond acceptors (Lipinski definition) is 4. The van der Waals surface area contributed by atoms with Crippen molar-refractivity contribution in [3.05, 3.63) is 36.5 Å². The number of hydrogen-bond donors (Lipinski definition) is 1. The molecule has 2 rings (SSSR count). The third-order valence-electron chi connectivity index (χ3n) is 2.98. The fourth-order valence-corrected chi connectivity index (χ4v) is 1.99. The summed E-state index contributed by atoms with van der Waals surface area (Å²) in [6.45, 7) is 6.05. The standard InChI is InChI=1S/C16H22N2O2/c1-2-19-12-5-9-17-11-13-20-15-8-3-6-14-7-4-10-18-16(14)15/h3-4,6-8,10,17H,2,5,9,11-13H2,1H3. The molecule has 0 bridgehead atoms. The maximum Gasteiger partial charge on any atom is 0.145 e. The van der Waals surface area contributed by atoms with E-state index in [1.165, 1.54) is 0 Å². The predicted molar refractivity (Wildman–Crippen MR) is 81.2 cm³/mol. The van der Waals surface area contributed by atoms with E-state index in [0.717, 1.165) is 49.4 Å². The van der Waals surface area contributed by atoms with Crippen LogP contribution in [0.1, 0.15) is 13.3 Å². The van der Waals surface area contributed by atoms with E-state index in [9.17, 15) is 0 Å². The van der Waals surface area contributed by atoms with E-state index in [2.05, 4.69) is 10.3 Å². The SMILES string of the molecule is CCOCCCNCCOc1cccc2cccnc12. The monoisotopic (exact) mass is 274 g/mol. The van der Waals surface area contributed by atoms with Crippen LogP contribution >= 0.6 is 0 Å². The van der Waals surface area contributed by atoms with Crippen molar-refractivity contribution in [2.24, 2.45) is 0 Å². The molecule has 0 aliphatic heterocycles. The molecular weight excluding hydrogens is 252 g/mol. The summed E-state index contributed by atoms with van der Waals surface area (Å²) in [6.07, 6.45) is 2.82. The van der Waals surface area contributed by atoms with E-state index in [1.54, 1.807) is 6.20 Å². The van der Waals surface area contributed by atoms with Crippen molar-refractivity contribution in [3.8, 4) is 5.75 Å². The minimum atomic E-state index is 0.643. The van der Waals surface area contributed by atoms with Crippen molar-refractivity contribution in [2.45, 2.75) is 13.3 Å². The van der Waals surface area contributed by atoms with E-state index in [-0.39, 0.29) is 0 Å². The van der Waals surface area contributed by atoms with Crippen molar-refractivity contribution in [1.29, 1.82) is 0 Å². The predicted octanol–water partition coefficient (Wildman–Crippen LogP) is 2.63. The molecule has 20 heavy (non-hydrogen) atoms. The second kappa shape index (κ2) is 8.51. The third kappa shape index (κ3) is 4.47. The molecule has 0 fully saturated rings. The van der Waals surface area contributed by atoms with Gasteiger partial charge in [-0.15, -0.1) is 0 Å². The Kier molecular flexibility index (Phi) is 6.27. The number of benzene rings is 1. The van der Waals surface area contributed by atoms with Gasteiger partial charge in [0.25, 0.3) is 0 Å². The summed E-state index contributed by atoms with van der Waals surface area (Å²) in [5.74, 6) is 0.846. The molecule has 1 aromatic heterocycles. The fraction of sp³-hybridized carbons (Fsp3) is 0.438. The number of pyridine rings is 1. The van der Waals surface area contributed by atoms with Crippen molar-refractivity contribution in [2.75, 3.05) is 32.9 Å². The molecule has 0 aliphatic rings. The Bertz CT molecular complexity index is 511. The van der Waals surface area contributed by atoms with E-state index >= 15 is 0 Å². The molecule has 0 saturated heterocycles. The maximum absolute atomic E-state index is 5.79. The molecule has 0 amide bonds. The van der Waals surface area contributed by atoms with Crippen LogP contribution in [0.15, 0.2) is 36.5 Å². The topological polar surface area (TPSA) is 43.4 Å². The Labute approximate surface area is 120 Å². The largest absolute Gasteiger partial charge is 0.490 e. The highest BCUT2D eigenvalue weighted by atomic mass is 16.5. The van der Waals surface area contributed by atoms with Gasteiger partial charge in [-0.1, -0.05) is 18.2 Å². The lowest BCUT2D eigenvalue weighted by molar-refractivity contribution is 0.144. The van der Waals surface area contributed by atoms with Gasteiger partial charge >= 0.3 is 0 Å². The van der Waals surface area contributed by atoms with E-state index in [0.29, 0.717) is 6.61 Å². The summed E-state index contributed by atoms with van der Waals surface area (Å²) in [6, 6.07) is 9.98. The molecule has 4 heteroatoms. The van der Waals surface area contributed by atoms with Gasteiger partial charge in [-0.2, -0.15) is 0 Å². The first-order valence-corrected chi connectivity index (χ1v) is 7.17. The molecule has 0 saturated carbocycles. The zero-order valence-electron chi connectivity index (χ0n) is 12.0. The molecule has 1 N–H and O–H groups in total. The molecular formula is C16H22N2O2. The lowest BCUT2D eigenvalue weighted by Crippen LogP contribution is -2.23. The lowest BCUT2D eigenvalue weighted by Gasteiger charge is -2.09. The molecule has 1 aromatic carbocycles. The first-order chi connectivity index (χ1) is 9.92. The first-order valence-electron chi connectivity index (χ1n) is 7.17. The molecule has 0 unspecified atom stereocenters. The van der Waals surface area contributed by atoms with Gasteiger partial charge in [-0.3, -0.25) is 4.98 Å². The van der Waals surface area contributed by atoms with E-state index < -0.39 is 0 Å². The van der Waals surface area contributed by atoms with Gasteiger partial charge in [0.1, 0.15) is 17.9 Å². The van der Waals surface area contributed by atoms with Crippen molar-refractivity contribution in [3.63, 3.8) is 0 Å². The number of nitrogens with zero attached hydrogens (tertiary/aromatic N) is 1. The van der Waals surface area contributed by atoms with Crippen molar-refractivity contribution >= 4 is 10.9 Å². The average Bonchev–Trinajstić information content (AvgIpc) is 2.50. The molecule has 1 heterocycles. The van der Waals surface area contributed by atoms with Gasteiger partial charge in [0.2, 0.25) is 0 Å². The Hall–Kier alpha value is -1.65. The summed E-state index contributed by atoms with van der Waals surface area (Å²) < 4.78 is 11.1. The van der Waals surface area contributed by atoms with Crippen LogP contribution in [0.25, 0.3) is 10.9 Å². The number of para-hydroxylation sites is 1. The van der Waals surface area contributed by atoms with Crippen LogP contribution in [-0.2, 0) is 4.74 Å². The van der Waals surface area contributed by atoms with E-state index in [1.807, 2.05) is 37.3 Å². The van der Waals surface area contributed by atoms with Gasteiger partial charge in [0.15, 0.2) is 0 Å². The summed E-state index contributed by atoms with van der Waals surface area (Å²) in [5.41, 5.74) is 0.923. The third-order valence-corrected chi connectivity index (χ3v) is 2.98. The first kappa shape index (κ1) is 14.8. The molecule has 0 atom stereocenters. The number of ether oxygens (including phenoxy) is 2. The van der Waals surface area contributed by atoms with Crippen molar-refractivity contribution < 1.29 is 9.47 Å². The van der Waals surface area contributed by atoms with Crippen LogP contribution in [0.3, 0.4) is 0 Å². The summed E-state index contributed by atoms with van der Waals surface area (Å²) in [4.78, 5) is 4.37. The Morgan fingerprint density at radius 1 is 1.10 bits per heavy atom. The molecule has 108 valence electrons. The van der Waals surface area contributed by atoms with Gasteiger partial charge < -0.3 is 14.8 Å². The highest BCUT2D eigenvalue weighted by molar-refractivity contribution is 5.84. The minimum absolute atomic E-state index is 0.643. The Morgan fingerprint density at radius 3 is 2.90 bits per heavy atom. The second-order valence-corrected chi connectivity index (χ2v) is 4.48. The van der Waals surface area contributed by atoms with Crippen LogP contribution in [-0.4, -0.2) is 37.9 Å². The van der Waals surface area contributed by atoms with E-state index in [4.69, 9.17) is 9.47 Å². The number of aromatic nitrogens is 1. The number of rotatable bonds is 9. The molecule has 2 aromatic rings. The maximum atomic E-state index is 5.79. The summed E-state index contributed by atoms with van der Waals surface area (Å²) >= 11 is 0. The fourth-order valence-electron chi connectivity index (χ4n) is 1.99. The second-order valence-electron chi connectivity index (χ2n) is 4.48. The Morgan fingerprint density at radius 2 is 2.00 bits per heavy atom. The highest BCUT2D eigenvalue weighted by Gasteiger charge is 2.01. The Balaban J connectivity index is 1.71. The van der Waals surface area contributed by atoms with Gasteiger partial charge in [-0.05, 0) is 32.0 Å². The zero-order chi connectivity index (χ0) is 14.0. The smallest absolute Gasteiger partial charge is 0.145 e. The quantitative estimate of drug-likeness (QED) is 0.714. The lowest BCUT2D eigenvalue weighted by atomic mass is 10.2. The summed E-state index contributed by atoms with van der Waals surface area (Å²) in [5, 5.41) is 4.44. The molecule has 0 radical (unpaired) electrons. The van der Waals surface area contributed by atoms with Crippen LogP contribution in [0.2, 0.25) is 0 Å². The highest BCUT2D eigenvalue weighted by Crippen LogP contribution is 2.22. The van der Waals surface area contributed by atoms with Crippen LogP contribution in [0, 0.1) is 0 Å². The van der Waals surface area contributed by atoms with Crippen LogP contribution in [0.5, 0.6) is 5.75 Å². The van der Waals surface area contributed by atoms with Gasteiger partial charge in [0, 0.05) is 31.3 Å². The van der Waals surface area contributed by atoms with Crippen molar-refractivity contribution in [1.82, 2.24) is 10.3 Å². The van der Waals surface area contributed by atoms with Crippen LogP contribution < -0.4 is 10.1 Å². The van der Waals surface area contributed by atoms with Gasteiger partial charge in [-0.25, -0.2) is 0 Å². The molecule has 0 aliphatic carbocycles. The van der Waals surface area contributed by atoms with Gasteiger partial charge in [0.05, 0.1) is 0 Å². The average molecular weight is 274 g/mol. The van der Waals surface area contributed by atoms with Crippen LogP contribution in [0.4, 0.5) is 0 Å². The minimum Gasteiger partial charge on any atom is -0.490 e. The number of nitrogens with one attached hydrogen (secondary N) is 1. The number of fused-ring (bicyclic) bond motifs is 1. The normalized spacial score (nSPS) is 10.8. The zero-order valence-corrected chi connectivity index (χ0v) is 12.0. The molecule has 0 spiro atoms. The summed E-state index contributed by atoms with van der Waals surface area (Å²) in [7, 11) is 0. The molecule has 4 nitrogen and oxygen atoms in total.